The summed E-state index contributed by atoms with van der Waals surface area (Å²) in [7, 11) is 0. The Kier molecular flexibility index (Phi) is 2.61. The zero-order chi connectivity index (χ0) is 12.5. The molecule has 3 aromatic rings. The quantitative estimate of drug-likeness (QED) is 0.744. The average Bonchev–Trinajstić information content (AvgIpc) is 2.83. The van der Waals surface area contributed by atoms with Gasteiger partial charge < -0.3 is 5.73 Å². The topological polar surface area (TPSA) is 43.3 Å². The van der Waals surface area contributed by atoms with Crippen LogP contribution in [0.25, 0.3) is 16.9 Å². The first-order valence-electron chi connectivity index (χ1n) is 6.02. The maximum atomic E-state index is 5.75. The molecule has 0 amide bonds. The van der Waals surface area contributed by atoms with Crippen LogP contribution < -0.4 is 5.73 Å². The third kappa shape index (κ3) is 1.60. The Morgan fingerprint density at radius 1 is 1.17 bits per heavy atom. The number of hydrogen-bond acceptors (Lipinski definition) is 2. The van der Waals surface area contributed by atoms with E-state index in [1.807, 2.05) is 36.7 Å². The van der Waals surface area contributed by atoms with E-state index in [1.54, 1.807) is 0 Å². The van der Waals surface area contributed by atoms with E-state index in [0.29, 0.717) is 6.54 Å². The van der Waals surface area contributed by atoms with E-state index >= 15 is 0 Å². The maximum Gasteiger partial charge on any atom is 0.144 e. The van der Waals surface area contributed by atoms with Gasteiger partial charge in [-0.25, -0.2) is 4.98 Å². The monoisotopic (exact) mass is 237 g/mol. The molecule has 2 heterocycles. The van der Waals surface area contributed by atoms with E-state index in [0.717, 1.165) is 22.5 Å². The molecular weight excluding hydrogens is 222 g/mol. The summed E-state index contributed by atoms with van der Waals surface area (Å²) in [5, 5.41) is 0. The van der Waals surface area contributed by atoms with E-state index in [1.165, 1.54) is 5.56 Å². The van der Waals surface area contributed by atoms with Crippen molar-refractivity contribution >= 4 is 5.52 Å². The summed E-state index contributed by atoms with van der Waals surface area (Å²) in [6.45, 7) is 2.63. The minimum Gasteiger partial charge on any atom is -0.326 e. The number of aromatic nitrogens is 2. The van der Waals surface area contributed by atoms with Gasteiger partial charge in [0.05, 0.1) is 11.7 Å². The zero-order valence-electron chi connectivity index (χ0n) is 10.3. The molecule has 0 spiro atoms. The van der Waals surface area contributed by atoms with Crippen LogP contribution in [0.4, 0.5) is 0 Å². The highest BCUT2D eigenvalue weighted by molar-refractivity contribution is 5.67. The Bertz CT molecular complexity index is 698. The Hall–Kier alpha value is -2.13. The van der Waals surface area contributed by atoms with Crippen molar-refractivity contribution in [3.05, 3.63) is 59.9 Å². The van der Waals surface area contributed by atoms with Gasteiger partial charge in [0, 0.05) is 18.3 Å². The predicted molar refractivity (Wildman–Crippen MR) is 73.3 cm³/mol. The Morgan fingerprint density at radius 2 is 2.00 bits per heavy atom. The molecule has 0 aliphatic rings. The van der Waals surface area contributed by atoms with E-state index in [9.17, 15) is 0 Å². The molecule has 0 saturated carbocycles. The predicted octanol–water partition coefficient (Wildman–Crippen LogP) is 2.77. The largest absolute Gasteiger partial charge is 0.326 e. The summed E-state index contributed by atoms with van der Waals surface area (Å²) in [6, 6.07) is 12.3. The first-order chi connectivity index (χ1) is 8.81. The molecule has 18 heavy (non-hydrogen) atoms. The van der Waals surface area contributed by atoms with E-state index in [4.69, 9.17) is 5.73 Å². The van der Waals surface area contributed by atoms with Crippen LogP contribution in [0, 0.1) is 6.92 Å². The normalized spacial score (nSPS) is 11.0. The maximum absolute atomic E-state index is 5.75. The Labute approximate surface area is 106 Å². The van der Waals surface area contributed by atoms with Crippen molar-refractivity contribution in [2.24, 2.45) is 5.73 Å². The van der Waals surface area contributed by atoms with Crippen LogP contribution >= 0.6 is 0 Å². The van der Waals surface area contributed by atoms with Crippen LogP contribution in [-0.2, 0) is 6.54 Å². The molecular formula is C15H15N3. The molecule has 0 fully saturated rings. The molecule has 2 N–H and O–H groups in total. The van der Waals surface area contributed by atoms with Crippen molar-refractivity contribution in [3.8, 4) is 11.4 Å². The summed E-state index contributed by atoms with van der Waals surface area (Å²) in [6.07, 6.45) is 3.92. The third-order valence-electron chi connectivity index (χ3n) is 3.26. The summed E-state index contributed by atoms with van der Waals surface area (Å²) >= 11 is 0. The Balaban J connectivity index is 2.29. The van der Waals surface area contributed by atoms with Crippen LogP contribution in [0.2, 0.25) is 0 Å². The van der Waals surface area contributed by atoms with Gasteiger partial charge in [-0.3, -0.25) is 4.40 Å². The number of nitrogens with two attached hydrogens (primary N) is 1. The van der Waals surface area contributed by atoms with E-state index in [-0.39, 0.29) is 0 Å². The van der Waals surface area contributed by atoms with Crippen LogP contribution in [-0.4, -0.2) is 9.38 Å². The lowest BCUT2D eigenvalue weighted by Gasteiger charge is -2.06. The smallest absolute Gasteiger partial charge is 0.144 e. The van der Waals surface area contributed by atoms with Gasteiger partial charge in [0.25, 0.3) is 0 Å². The van der Waals surface area contributed by atoms with Gasteiger partial charge in [0.1, 0.15) is 5.82 Å². The van der Waals surface area contributed by atoms with Gasteiger partial charge in [0.15, 0.2) is 0 Å². The van der Waals surface area contributed by atoms with Crippen LogP contribution in [0.1, 0.15) is 11.1 Å². The van der Waals surface area contributed by atoms with Crippen LogP contribution in [0.3, 0.4) is 0 Å². The fourth-order valence-corrected chi connectivity index (χ4v) is 2.28. The van der Waals surface area contributed by atoms with Gasteiger partial charge in [-0.1, -0.05) is 30.3 Å². The number of aryl methyl sites for hydroxylation is 1. The van der Waals surface area contributed by atoms with Crippen LogP contribution in [0.5, 0.6) is 0 Å². The number of benzene rings is 1. The van der Waals surface area contributed by atoms with Crippen molar-refractivity contribution in [2.75, 3.05) is 0 Å². The lowest BCUT2D eigenvalue weighted by molar-refractivity contribution is 1.05. The number of hydrogen-bond donors (Lipinski definition) is 1. The second-order valence-electron chi connectivity index (χ2n) is 4.39. The van der Waals surface area contributed by atoms with Gasteiger partial charge in [-0.05, 0) is 24.1 Å². The lowest BCUT2D eigenvalue weighted by Crippen LogP contribution is -1.99. The molecule has 3 heteroatoms. The fraction of sp³-hybridized carbons (Fsp3) is 0.133. The van der Waals surface area contributed by atoms with Crippen LogP contribution in [0.15, 0.2) is 48.8 Å². The molecule has 2 aromatic heterocycles. The molecule has 0 atom stereocenters. The molecule has 3 rings (SSSR count). The zero-order valence-corrected chi connectivity index (χ0v) is 10.3. The molecule has 90 valence electrons. The van der Waals surface area contributed by atoms with E-state index < -0.39 is 0 Å². The molecule has 0 radical (unpaired) electrons. The number of imidazole rings is 1. The number of rotatable bonds is 2. The summed E-state index contributed by atoms with van der Waals surface area (Å²) in [5.41, 5.74) is 10.3. The van der Waals surface area contributed by atoms with Crippen molar-refractivity contribution < 1.29 is 0 Å². The third-order valence-corrected chi connectivity index (χ3v) is 3.26. The van der Waals surface area contributed by atoms with Gasteiger partial charge in [-0.2, -0.15) is 0 Å². The van der Waals surface area contributed by atoms with Gasteiger partial charge in [0.2, 0.25) is 0 Å². The molecule has 0 unspecified atom stereocenters. The molecule has 0 aliphatic carbocycles. The Morgan fingerprint density at radius 3 is 2.78 bits per heavy atom. The molecule has 3 nitrogen and oxygen atoms in total. The second kappa shape index (κ2) is 4.27. The summed E-state index contributed by atoms with van der Waals surface area (Å²) in [4.78, 5) is 4.54. The second-order valence-corrected chi connectivity index (χ2v) is 4.39. The minimum atomic E-state index is 0.531. The summed E-state index contributed by atoms with van der Waals surface area (Å²) in [5.74, 6) is 0.971. The summed E-state index contributed by atoms with van der Waals surface area (Å²) < 4.78 is 2.10. The fourth-order valence-electron chi connectivity index (χ4n) is 2.28. The van der Waals surface area contributed by atoms with Crippen molar-refractivity contribution in [2.45, 2.75) is 13.5 Å². The highest BCUT2D eigenvalue weighted by Crippen LogP contribution is 2.24. The highest BCUT2D eigenvalue weighted by atomic mass is 15.0. The van der Waals surface area contributed by atoms with Gasteiger partial charge in [-0.15, -0.1) is 0 Å². The standard InChI is InChI=1S/C15H15N3/c1-11-5-2-3-7-13(11)15-17-10-14-12(9-16)6-4-8-18(14)15/h2-8,10H,9,16H2,1H3. The molecule has 1 aromatic carbocycles. The SMILES string of the molecule is Cc1ccccc1-c1ncc2c(CN)cccn12. The van der Waals surface area contributed by atoms with Crippen molar-refractivity contribution in [1.29, 1.82) is 0 Å². The van der Waals surface area contributed by atoms with Crippen molar-refractivity contribution in [1.82, 2.24) is 9.38 Å². The number of pyridine rings is 1. The first kappa shape index (κ1) is 11.0. The van der Waals surface area contributed by atoms with Gasteiger partial charge >= 0.3 is 0 Å². The van der Waals surface area contributed by atoms with Crippen molar-refractivity contribution in [3.63, 3.8) is 0 Å². The molecule has 0 aliphatic heterocycles. The molecule has 0 saturated heterocycles. The van der Waals surface area contributed by atoms with E-state index in [2.05, 4.69) is 28.4 Å². The highest BCUT2D eigenvalue weighted by Gasteiger charge is 2.09. The number of nitrogens with zero attached hydrogens (tertiary/aromatic N) is 2. The minimum absolute atomic E-state index is 0.531. The average molecular weight is 237 g/mol. The first-order valence-corrected chi connectivity index (χ1v) is 6.02. The number of fused-ring (bicyclic) bond motifs is 1. The molecule has 0 bridgehead atoms. The lowest BCUT2D eigenvalue weighted by atomic mass is 10.1.